The zero-order chi connectivity index (χ0) is 21.8. The van der Waals surface area contributed by atoms with Crippen LogP contribution in [-0.2, 0) is 19.3 Å². The van der Waals surface area contributed by atoms with E-state index >= 15 is 0 Å². The van der Waals surface area contributed by atoms with Crippen molar-refractivity contribution in [3.8, 4) is 5.75 Å². The molecule has 0 spiro atoms. The number of alkyl halides is 3. The van der Waals surface area contributed by atoms with Crippen LogP contribution in [0.15, 0.2) is 48.5 Å². The third-order valence-electron chi connectivity index (χ3n) is 5.41. The van der Waals surface area contributed by atoms with Crippen LogP contribution in [0.2, 0.25) is 0 Å². The monoisotopic (exact) mass is 422 g/mol. The zero-order valence-corrected chi connectivity index (χ0v) is 18.2. The second kappa shape index (κ2) is 12.6. The van der Waals surface area contributed by atoms with Crippen LogP contribution in [0.5, 0.6) is 5.75 Å². The number of unbranched alkanes of at least 4 members (excludes halogenated alkanes) is 5. The van der Waals surface area contributed by atoms with Gasteiger partial charge in [-0.15, -0.1) is 0 Å². The molecule has 0 amide bonds. The van der Waals surface area contributed by atoms with E-state index in [2.05, 4.69) is 6.92 Å². The molecule has 0 saturated carbocycles. The average molecular weight is 423 g/mol. The van der Waals surface area contributed by atoms with Gasteiger partial charge in [-0.1, -0.05) is 57.2 Å². The van der Waals surface area contributed by atoms with Crippen LogP contribution in [0.3, 0.4) is 0 Å². The van der Waals surface area contributed by atoms with E-state index in [0.29, 0.717) is 18.7 Å². The van der Waals surface area contributed by atoms with Crippen LogP contribution in [0, 0.1) is 0 Å². The van der Waals surface area contributed by atoms with E-state index in [-0.39, 0.29) is 0 Å². The van der Waals surface area contributed by atoms with E-state index in [0.717, 1.165) is 35.8 Å². The minimum Gasteiger partial charge on any atom is -0.494 e. The van der Waals surface area contributed by atoms with Gasteiger partial charge in [0, 0.05) is 11.1 Å². The molecule has 0 heterocycles. The summed E-state index contributed by atoms with van der Waals surface area (Å²) in [4.78, 5) is 1.09. The minimum atomic E-state index is -4.32. The maximum Gasteiger partial charge on any atom is 0.416 e. The summed E-state index contributed by atoms with van der Waals surface area (Å²) >= 11 is 0. The van der Waals surface area contributed by atoms with Gasteiger partial charge >= 0.3 is 6.18 Å². The molecule has 2 rings (SSSR count). The van der Waals surface area contributed by atoms with E-state index in [4.69, 9.17) is 4.74 Å². The molecule has 166 valence electrons. The van der Waals surface area contributed by atoms with E-state index < -0.39 is 11.7 Å². The van der Waals surface area contributed by atoms with Gasteiger partial charge in [0.05, 0.1) is 18.7 Å². The topological polar surface area (TPSA) is 13.7 Å². The van der Waals surface area contributed by atoms with Crippen LogP contribution < -0.4 is 9.64 Å². The molecule has 5 heteroatoms. The van der Waals surface area contributed by atoms with Gasteiger partial charge in [-0.3, -0.25) is 0 Å². The van der Waals surface area contributed by atoms with E-state index in [1.165, 1.54) is 44.2 Å². The Morgan fingerprint density at radius 1 is 0.800 bits per heavy atom. The summed E-state index contributed by atoms with van der Waals surface area (Å²) in [5.74, 6) is 0.854. The fraction of sp³-hybridized carbons (Fsp3) is 0.520. The van der Waals surface area contributed by atoms with Gasteiger partial charge in [-0.05, 0) is 43.7 Å². The van der Waals surface area contributed by atoms with Crippen LogP contribution in [-0.4, -0.2) is 13.2 Å². The second-order valence-electron chi connectivity index (χ2n) is 7.87. The SMILES string of the molecule is CCCCCCCCOc1ccc(C[NH+](CC)Cc2ccccc2C(F)(F)F)cc1. The molecule has 2 aromatic rings. The van der Waals surface area contributed by atoms with Crippen molar-refractivity contribution in [2.45, 2.75) is 71.6 Å². The lowest BCUT2D eigenvalue weighted by atomic mass is 10.1. The van der Waals surface area contributed by atoms with Gasteiger partial charge < -0.3 is 9.64 Å². The Morgan fingerprint density at radius 3 is 2.13 bits per heavy atom. The highest BCUT2D eigenvalue weighted by Gasteiger charge is 2.33. The molecule has 0 bridgehead atoms. The Bertz CT molecular complexity index is 728. The molecule has 0 aliphatic rings. The van der Waals surface area contributed by atoms with Crippen molar-refractivity contribution in [1.82, 2.24) is 0 Å². The standard InChI is InChI=1S/C25H34F3NO/c1-3-5-6-7-8-11-18-30-23-16-14-21(15-17-23)19-29(4-2)20-22-12-9-10-13-24(22)25(26,27)28/h9-10,12-17H,3-8,11,18-20H2,1-2H3/p+1. The summed E-state index contributed by atoms with van der Waals surface area (Å²) in [6, 6.07) is 13.8. The fourth-order valence-corrected chi connectivity index (χ4v) is 3.60. The predicted octanol–water partition coefficient (Wildman–Crippen LogP) is 6.05. The normalized spacial score (nSPS) is 12.7. The van der Waals surface area contributed by atoms with Crippen molar-refractivity contribution in [3.63, 3.8) is 0 Å². The Kier molecular flexibility index (Phi) is 10.2. The Balaban J connectivity index is 1.84. The first-order chi connectivity index (χ1) is 14.4. The van der Waals surface area contributed by atoms with Gasteiger partial charge in [0.1, 0.15) is 18.8 Å². The van der Waals surface area contributed by atoms with Crippen molar-refractivity contribution in [1.29, 1.82) is 0 Å². The molecule has 0 fully saturated rings. The Morgan fingerprint density at radius 2 is 1.47 bits per heavy atom. The predicted molar refractivity (Wildman–Crippen MR) is 116 cm³/mol. The van der Waals surface area contributed by atoms with Crippen molar-refractivity contribution in [3.05, 3.63) is 65.2 Å². The number of quaternary nitrogens is 1. The van der Waals surface area contributed by atoms with Crippen LogP contribution in [0.25, 0.3) is 0 Å². The number of hydrogen-bond donors (Lipinski definition) is 1. The summed E-state index contributed by atoms with van der Waals surface area (Å²) in [7, 11) is 0. The highest BCUT2D eigenvalue weighted by Crippen LogP contribution is 2.31. The largest absolute Gasteiger partial charge is 0.494 e. The average Bonchev–Trinajstić information content (AvgIpc) is 2.73. The number of nitrogens with one attached hydrogen (secondary N) is 1. The molecule has 2 aromatic carbocycles. The molecule has 1 N–H and O–H groups in total. The van der Waals surface area contributed by atoms with Gasteiger partial charge in [-0.25, -0.2) is 0 Å². The van der Waals surface area contributed by atoms with Gasteiger partial charge in [0.2, 0.25) is 0 Å². The van der Waals surface area contributed by atoms with Crippen molar-refractivity contribution in [2.24, 2.45) is 0 Å². The third-order valence-corrected chi connectivity index (χ3v) is 5.41. The van der Waals surface area contributed by atoms with Crippen molar-refractivity contribution >= 4 is 0 Å². The third kappa shape index (κ3) is 8.39. The molecule has 0 radical (unpaired) electrons. The van der Waals surface area contributed by atoms with E-state index in [9.17, 15) is 13.2 Å². The summed E-state index contributed by atoms with van der Waals surface area (Å²) in [5, 5.41) is 0. The molecule has 0 saturated heterocycles. The summed E-state index contributed by atoms with van der Waals surface area (Å²) < 4.78 is 45.6. The van der Waals surface area contributed by atoms with Gasteiger partial charge in [0.25, 0.3) is 0 Å². The molecule has 0 aliphatic heterocycles. The maximum atomic E-state index is 13.3. The lowest BCUT2D eigenvalue weighted by Crippen LogP contribution is -3.09. The Labute approximate surface area is 179 Å². The van der Waals surface area contributed by atoms with Gasteiger partial charge in [-0.2, -0.15) is 13.2 Å². The highest BCUT2D eigenvalue weighted by atomic mass is 19.4. The lowest BCUT2D eigenvalue weighted by molar-refractivity contribution is -0.925. The number of rotatable bonds is 13. The summed E-state index contributed by atoms with van der Waals surface area (Å²) in [6.45, 7) is 6.73. The smallest absolute Gasteiger partial charge is 0.416 e. The molecule has 0 aromatic heterocycles. The van der Waals surface area contributed by atoms with Gasteiger partial charge in [0.15, 0.2) is 0 Å². The zero-order valence-electron chi connectivity index (χ0n) is 18.2. The van der Waals surface area contributed by atoms with Crippen LogP contribution in [0.1, 0.15) is 69.1 Å². The molecule has 1 atom stereocenters. The number of ether oxygens (including phenoxy) is 1. The first-order valence-corrected chi connectivity index (χ1v) is 11.1. The first-order valence-electron chi connectivity index (χ1n) is 11.1. The molecular weight excluding hydrogens is 387 g/mol. The molecular formula is C25H35F3NO+. The van der Waals surface area contributed by atoms with Crippen LogP contribution in [0.4, 0.5) is 13.2 Å². The van der Waals surface area contributed by atoms with Crippen molar-refractivity contribution < 1.29 is 22.8 Å². The van der Waals surface area contributed by atoms with E-state index in [1.807, 2.05) is 31.2 Å². The quantitative estimate of drug-likeness (QED) is 0.388. The molecule has 0 aliphatic carbocycles. The molecule has 30 heavy (non-hydrogen) atoms. The number of halogens is 3. The molecule has 1 unspecified atom stereocenters. The first kappa shape index (κ1) is 24.3. The Hall–Kier alpha value is -2.01. The van der Waals surface area contributed by atoms with Crippen LogP contribution >= 0.6 is 0 Å². The fourth-order valence-electron chi connectivity index (χ4n) is 3.60. The second-order valence-corrected chi connectivity index (χ2v) is 7.87. The number of hydrogen-bond acceptors (Lipinski definition) is 1. The summed E-state index contributed by atoms with van der Waals surface area (Å²) in [5.41, 5.74) is 0.915. The summed E-state index contributed by atoms with van der Waals surface area (Å²) in [6.07, 6.45) is 3.09. The minimum absolute atomic E-state index is 0.348. The van der Waals surface area contributed by atoms with E-state index in [1.54, 1.807) is 12.1 Å². The highest BCUT2D eigenvalue weighted by molar-refractivity contribution is 5.29. The maximum absolute atomic E-state index is 13.3. The molecule has 2 nitrogen and oxygen atoms in total. The lowest BCUT2D eigenvalue weighted by Gasteiger charge is -2.20. The number of benzene rings is 2. The van der Waals surface area contributed by atoms with Crippen molar-refractivity contribution in [2.75, 3.05) is 13.2 Å².